The molecule has 0 bridgehead atoms. The molecule has 0 aromatic carbocycles. The molecule has 3 nitrogen and oxygen atoms in total. The Morgan fingerprint density at radius 2 is 2.33 bits per heavy atom. The number of aromatic nitrogens is 1. The number of nitrogens with zero attached hydrogens (tertiary/aromatic N) is 1. The van der Waals surface area contributed by atoms with E-state index in [1.54, 1.807) is 17.6 Å². The Balaban J connectivity index is 2.10. The van der Waals surface area contributed by atoms with Gasteiger partial charge in [0.25, 0.3) is 0 Å². The molecular weight excluding hydrogens is 208 g/mol. The number of aryl methyl sites for hydroxylation is 2. The highest BCUT2D eigenvalue weighted by Crippen LogP contribution is 2.21. The van der Waals surface area contributed by atoms with Crippen LogP contribution in [0.5, 0.6) is 0 Å². The summed E-state index contributed by atoms with van der Waals surface area (Å²) in [6.45, 7) is 3.93. The Bertz CT molecular complexity index is 447. The SMILES string of the molecule is Cc1csc(CC(N)c2ccoc2C)n1. The first-order valence-electron chi connectivity index (χ1n) is 4.87. The van der Waals surface area contributed by atoms with Gasteiger partial charge in [0.05, 0.1) is 11.3 Å². The second-order valence-corrected chi connectivity index (χ2v) is 4.57. The van der Waals surface area contributed by atoms with Crippen LogP contribution in [0.25, 0.3) is 0 Å². The van der Waals surface area contributed by atoms with Gasteiger partial charge >= 0.3 is 0 Å². The molecule has 1 unspecified atom stereocenters. The summed E-state index contributed by atoms with van der Waals surface area (Å²) in [6, 6.07) is 1.91. The van der Waals surface area contributed by atoms with Gasteiger partial charge in [0.15, 0.2) is 0 Å². The summed E-state index contributed by atoms with van der Waals surface area (Å²) in [7, 11) is 0. The number of hydrogen-bond acceptors (Lipinski definition) is 4. The van der Waals surface area contributed by atoms with Crippen molar-refractivity contribution in [2.24, 2.45) is 5.73 Å². The summed E-state index contributed by atoms with van der Waals surface area (Å²) < 4.78 is 5.23. The van der Waals surface area contributed by atoms with Gasteiger partial charge in [-0.25, -0.2) is 4.98 Å². The normalized spacial score (nSPS) is 13.0. The molecule has 0 saturated heterocycles. The van der Waals surface area contributed by atoms with Crippen LogP contribution < -0.4 is 5.73 Å². The average Bonchev–Trinajstić information content (AvgIpc) is 2.75. The number of furan rings is 1. The molecule has 0 aliphatic rings. The van der Waals surface area contributed by atoms with Crippen molar-refractivity contribution in [2.75, 3.05) is 0 Å². The van der Waals surface area contributed by atoms with Crippen molar-refractivity contribution in [1.29, 1.82) is 0 Å². The summed E-state index contributed by atoms with van der Waals surface area (Å²) in [5.74, 6) is 0.899. The van der Waals surface area contributed by atoms with Gasteiger partial charge < -0.3 is 10.2 Å². The van der Waals surface area contributed by atoms with E-state index in [9.17, 15) is 0 Å². The van der Waals surface area contributed by atoms with Crippen molar-refractivity contribution in [3.63, 3.8) is 0 Å². The minimum atomic E-state index is -0.0192. The Morgan fingerprint density at radius 3 is 2.87 bits per heavy atom. The standard InChI is InChI=1S/C11H14N2OS/c1-7-6-15-11(13-7)5-10(12)9-3-4-14-8(9)2/h3-4,6,10H,5,12H2,1-2H3. The van der Waals surface area contributed by atoms with Crippen molar-refractivity contribution in [1.82, 2.24) is 4.98 Å². The Hall–Kier alpha value is -1.13. The first kappa shape index (κ1) is 10.4. The fourth-order valence-corrected chi connectivity index (χ4v) is 2.41. The first-order chi connectivity index (χ1) is 7.16. The fraction of sp³-hybridized carbons (Fsp3) is 0.364. The summed E-state index contributed by atoms with van der Waals surface area (Å²) >= 11 is 1.66. The van der Waals surface area contributed by atoms with E-state index in [0.29, 0.717) is 0 Å². The van der Waals surface area contributed by atoms with E-state index < -0.39 is 0 Å². The Kier molecular flexibility index (Phi) is 2.88. The summed E-state index contributed by atoms with van der Waals surface area (Å²) in [5, 5.41) is 3.13. The van der Waals surface area contributed by atoms with Gasteiger partial charge in [-0.2, -0.15) is 0 Å². The lowest BCUT2D eigenvalue weighted by atomic mass is 10.1. The largest absolute Gasteiger partial charge is 0.469 e. The maximum atomic E-state index is 6.09. The van der Waals surface area contributed by atoms with Crippen LogP contribution in [-0.2, 0) is 6.42 Å². The molecule has 80 valence electrons. The lowest BCUT2D eigenvalue weighted by Gasteiger charge is -2.07. The van der Waals surface area contributed by atoms with Crippen LogP contribution >= 0.6 is 11.3 Å². The van der Waals surface area contributed by atoms with Gasteiger partial charge in [0.1, 0.15) is 5.76 Å². The van der Waals surface area contributed by atoms with Gasteiger partial charge in [-0.3, -0.25) is 0 Å². The molecule has 2 N–H and O–H groups in total. The van der Waals surface area contributed by atoms with Crippen LogP contribution in [0, 0.1) is 13.8 Å². The minimum absolute atomic E-state index is 0.0192. The maximum absolute atomic E-state index is 6.09. The van der Waals surface area contributed by atoms with E-state index in [2.05, 4.69) is 4.98 Å². The lowest BCUT2D eigenvalue weighted by Crippen LogP contribution is -2.13. The molecule has 2 aromatic heterocycles. The zero-order valence-corrected chi connectivity index (χ0v) is 9.67. The summed E-state index contributed by atoms with van der Waals surface area (Å²) in [6.07, 6.45) is 2.45. The highest BCUT2D eigenvalue weighted by Gasteiger charge is 2.13. The van der Waals surface area contributed by atoms with Crippen LogP contribution in [0.3, 0.4) is 0 Å². The van der Waals surface area contributed by atoms with Crippen LogP contribution in [0.15, 0.2) is 22.1 Å². The van der Waals surface area contributed by atoms with E-state index in [-0.39, 0.29) is 6.04 Å². The monoisotopic (exact) mass is 222 g/mol. The summed E-state index contributed by atoms with van der Waals surface area (Å²) in [4.78, 5) is 4.40. The molecule has 0 saturated carbocycles. The van der Waals surface area contributed by atoms with Gasteiger partial charge in [-0.1, -0.05) is 0 Å². The third-order valence-corrected chi connectivity index (χ3v) is 3.35. The predicted octanol–water partition coefficient (Wildman–Crippen LogP) is 2.60. The molecule has 0 aliphatic heterocycles. The topological polar surface area (TPSA) is 52.0 Å². The highest BCUT2D eigenvalue weighted by molar-refractivity contribution is 7.09. The van der Waals surface area contributed by atoms with E-state index in [1.165, 1.54) is 0 Å². The lowest BCUT2D eigenvalue weighted by molar-refractivity contribution is 0.523. The summed E-state index contributed by atoms with van der Waals surface area (Å²) in [5.41, 5.74) is 8.22. The molecule has 4 heteroatoms. The highest BCUT2D eigenvalue weighted by atomic mass is 32.1. The fourth-order valence-electron chi connectivity index (χ4n) is 1.57. The van der Waals surface area contributed by atoms with E-state index in [4.69, 9.17) is 10.2 Å². The molecule has 1 atom stereocenters. The molecule has 2 heterocycles. The molecule has 0 aliphatic carbocycles. The van der Waals surface area contributed by atoms with Gasteiger partial charge in [-0.05, 0) is 19.9 Å². The maximum Gasteiger partial charge on any atom is 0.105 e. The smallest absolute Gasteiger partial charge is 0.105 e. The van der Waals surface area contributed by atoms with E-state index in [0.717, 1.165) is 28.4 Å². The molecule has 15 heavy (non-hydrogen) atoms. The number of nitrogens with two attached hydrogens (primary N) is 1. The van der Waals surface area contributed by atoms with Crippen LogP contribution in [0.4, 0.5) is 0 Å². The van der Waals surface area contributed by atoms with Crippen LogP contribution in [-0.4, -0.2) is 4.98 Å². The van der Waals surface area contributed by atoms with Gasteiger partial charge in [0, 0.05) is 29.1 Å². The van der Waals surface area contributed by atoms with Gasteiger partial charge in [-0.15, -0.1) is 11.3 Å². The predicted molar refractivity (Wildman–Crippen MR) is 60.9 cm³/mol. The molecule has 2 rings (SSSR count). The van der Waals surface area contributed by atoms with Crippen molar-refractivity contribution >= 4 is 11.3 Å². The quantitative estimate of drug-likeness (QED) is 0.868. The molecule has 0 spiro atoms. The molecule has 2 aromatic rings. The molecule has 0 fully saturated rings. The molecule has 0 amide bonds. The third-order valence-electron chi connectivity index (χ3n) is 2.36. The zero-order chi connectivity index (χ0) is 10.8. The first-order valence-corrected chi connectivity index (χ1v) is 5.75. The average molecular weight is 222 g/mol. The van der Waals surface area contributed by atoms with E-state index >= 15 is 0 Å². The molecule has 0 radical (unpaired) electrons. The van der Waals surface area contributed by atoms with Crippen LogP contribution in [0.2, 0.25) is 0 Å². The van der Waals surface area contributed by atoms with Crippen molar-refractivity contribution < 1.29 is 4.42 Å². The van der Waals surface area contributed by atoms with Gasteiger partial charge in [0.2, 0.25) is 0 Å². The van der Waals surface area contributed by atoms with Crippen molar-refractivity contribution in [3.05, 3.63) is 39.7 Å². The second-order valence-electron chi connectivity index (χ2n) is 3.63. The van der Waals surface area contributed by atoms with Crippen LogP contribution in [0.1, 0.15) is 28.1 Å². The number of rotatable bonds is 3. The van der Waals surface area contributed by atoms with E-state index in [1.807, 2.05) is 25.3 Å². The Morgan fingerprint density at radius 1 is 1.53 bits per heavy atom. The minimum Gasteiger partial charge on any atom is -0.469 e. The molecular formula is C11H14N2OS. The second kappa shape index (κ2) is 4.16. The number of hydrogen-bond donors (Lipinski definition) is 1. The number of thiazole rings is 1. The zero-order valence-electron chi connectivity index (χ0n) is 8.86. The third kappa shape index (κ3) is 2.27. The Labute approximate surface area is 92.9 Å². The van der Waals surface area contributed by atoms with Crippen molar-refractivity contribution in [3.8, 4) is 0 Å². The van der Waals surface area contributed by atoms with Crippen molar-refractivity contribution in [2.45, 2.75) is 26.3 Å².